The third kappa shape index (κ3) is 7.19. The van der Waals surface area contributed by atoms with Gasteiger partial charge in [-0.1, -0.05) is 65.7 Å². The highest BCUT2D eigenvalue weighted by molar-refractivity contribution is 6.39. The number of hydrogen-bond acceptors (Lipinski definition) is 7. The van der Waals surface area contributed by atoms with E-state index in [1.165, 1.54) is 11.1 Å². The van der Waals surface area contributed by atoms with Gasteiger partial charge in [0.15, 0.2) is 0 Å². The maximum Gasteiger partial charge on any atom is 0.220 e. The summed E-state index contributed by atoms with van der Waals surface area (Å²) < 4.78 is 11.6. The van der Waals surface area contributed by atoms with Crippen molar-refractivity contribution in [3.63, 3.8) is 0 Å². The molecular weight excluding hydrogens is 673 g/mol. The van der Waals surface area contributed by atoms with Crippen LogP contribution in [-0.4, -0.2) is 67.6 Å². The molecule has 11 heteroatoms. The van der Waals surface area contributed by atoms with Crippen LogP contribution in [0.2, 0.25) is 10.0 Å². The van der Waals surface area contributed by atoms with Crippen molar-refractivity contribution in [3.8, 4) is 45.1 Å². The average Bonchev–Trinajstić information content (AvgIpc) is 3.74. The topological polar surface area (TPSA) is 105 Å². The number of carbonyl (C=O) groups is 2. The number of carbonyl (C=O) groups excluding carboxylic acids is 2. The fourth-order valence-corrected chi connectivity index (χ4v) is 8.04. The zero-order valence-electron chi connectivity index (χ0n) is 28.3. The highest BCUT2D eigenvalue weighted by atomic mass is 35.5. The fraction of sp³-hybridized carbons (Fsp3) is 0.359. The molecule has 50 heavy (non-hydrogen) atoms. The highest BCUT2D eigenvalue weighted by Crippen LogP contribution is 2.44. The van der Waals surface area contributed by atoms with Crippen LogP contribution in [0.15, 0.2) is 60.7 Å². The molecule has 2 fully saturated rings. The normalized spacial score (nSPS) is 18.9. The quantitative estimate of drug-likeness (QED) is 0.165. The van der Waals surface area contributed by atoms with Crippen LogP contribution >= 0.6 is 23.2 Å². The third-order valence-corrected chi connectivity index (χ3v) is 10.8. The Bertz CT molecular complexity index is 1940. The monoisotopic (exact) mass is 713 g/mol. The SMILES string of the molecule is COc1cc(-c2cccc(-c3cccc(-c4ccc(CNC[C@@H]5CCC(=O)N5)c(OC)n4)c3Cl)c2Cl)cc2c1CCN(C[C@@H]1CCC(=O)N1)C2. The minimum atomic E-state index is 0.103. The van der Waals surface area contributed by atoms with Crippen molar-refractivity contribution < 1.29 is 19.1 Å². The lowest BCUT2D eigenvalue weighted by Crippen LogP contribution is -2.41. The fourth-order valence-electron chi connectivity index (χ4n) is 7.38. The van der Waals surface area contributed by atoms with Crippen LogP contribution in [0.4, 0.5) is 0 Å². The van der Waals surface area contributed by atoms with E-state index in [4.69, 9.17) is 37.7 Å². The molecular formula is C39H41Cl2N5O4. The van der Waals surface area contributed by atoms with Gasteiger partial charge in [-0.05, 0) is 54.2 Å². The first-order valence-corrected chi connectivity index (χ1v) is 17.9. The van der Waals surface area contributed by atoms with Gasteiger partial charge in [0, 0.05) is 85.5 Å². The molecule has 1 aromatic heterocycles. The lowest BCUT2D eigenvalue weighted by Gasteiger charge is -2.32. The smallest absolute Gasteiger partial charge is 0.220 e. The van der Waals surface area contributed by atoms with Crippen molar-refractivity contribution in [1.82, 2.24) is 25.8 Å². The van der Waals surface area contributed by atoms with Gasteiger partial charge in [-0.3, -0.25) is 14.5 Å². The zero-order valence-corrected chi connectivity index (χ0v) is 29.8. The van der Waals surface area contributed by atoms with Gasteiger partial charge in [-0.15, -0.1) is 0 Å². The molecule has 0 bridgehead atoms. The largest absolute Gasteiger partial charge is 0.496 e. The molecule has 2 amide bonds. The number of nitrogens with zero attached hydrogens (tertiary/aromatic N) is 2. The number of amides is 2. The Labute approximate surface area is 302 Å². The molecule has 2 atom stereocenters. The first-order valence-electron chi connectivity index (χ1n) is 17.1. The van der Waals surface area contributed by atoms with E-state index in [0.29, 0.717) is 47.6 Å². The molecule has 7 rings (SSSR count). The van der Waals surface area contributed by atoms with Crippen molar-refractivity contribution in [2.24, 2.45) is 0 Å². The maximum atomic E-state index is 11.8. The summed E-state index contributed by atoms with van der Waals surface area (Å²) in [5, 5.41) is 10.6. The first-order chi connectivity index (χ1) is 24.3. The van der Waals surface area contributed by atoms with Gasteiger partial charge in [0.25, 0.3) is 0 Å². The zero-order chi connectivity index (χ0) is 34.8. The molecule has 0 radical (unpaired) electrons. The number of fused-ring (bicyclic) bond motifs is 1. The van der Waals surface area contributed by atoms with E-state index >= 15 is 0 Å². The molecule has 3 aliphatic rings. The Kier molecular flexibility index (Phi) is 10.3. The summed E-state index contributed by atoms with van der Waals surface area (Å²) in [4.78, 5) is 30.5. The van der Waals surface area contributed by atoms with E-state index in [-0.39, 0.29) is 23.9 Å². The molecule has 0 aliphatic carbocycles. The summed E-state index contributed by atoms with van der Waals surface area (Å²) in [7, 11) is 3.32. The summed E-state index contributed by atoms with van der Waals surface area (Å²) in [6.07, 6.45) is 3.78. The van der Waals surface area contributed by atoms with E-state index in [1.807, 2.05) is 48.5 Å². The van der Waals surface area contributed by atoms with Gasteiger partial charge in [-0.2, -0.15) is 0 Å². The molecule has 0 spiro atoms. The molecule has 3 N–H and O–H groups in total. The Morgan fingerprint density at radius 3 is 2.20 bits per heavy atom. The second-order valence-electron chi connectivity index (χ2n) is 13.2. The van der Waals surface area contributed by atoms with Crippen LogP contribution in [0.5, 0.6) is 11.6 Å². The minimum Gasteiger partial charge on any atom is -0.496 e. The Balaban J connectivity index is 1.14. The van der Waals surface area contributed by atoms with Crippen LogP contribution in [-0.2, 0) is 29.1 Å². The van der Waals surface area contributed by atoms with Crippen molar-refractivity contribution in [2.45, 2.75) is 57.3 Å². The number of benzene rings is 3. The minimum absolute atomic E-state index is 0.103. The van der Waals surface area contributed by atoms with Crippen molar-refractivity contribution >= 4 is 35.0 Å². The van der Waals surface area contributed by atoms with Crippen LogP contribution in [0, 0.1) is 0 Å². The van der Waals surface area contributed by atoms with Crippen molar-refractivity contribution in [1.29, 1.82) is 0 Å². The summed E-state index contributed by atoms with van der Waals surface area (Å²) >= 11 is 14.4. The first kappa shape index (κ1) is 34.3. The molecule has 3 aliphatic heterocycles. The maximum absolute atomic E-state index is 11.8. The predicted octanol–water partition coefficient (Wildman–Crippen LogP) is 6.41. The number of nitrogens with one attached hydrogen (secondary N) is 3. The number of aromatic nitrogens is 1. The Morgan fingerprint density at radius 1 is 0.840 bits per heavy atom. The lowest BCUT2D eigenvalue weighted by atomic mass is 9.91. The van der Waals surface area contributed by atoms with Gasteiger partial charge in [-0.25, -0.2) is 4.98 Å². The van der Waals surface area contributed by atoms with E-state index in [1.54, 1.807) is 14.2 Å². The molecule has 260 valence electrons. The van der Waals surface area contributed by atoms with Crippen molar-refractivity contribution in [3.05, 3.63) is 87.4 Å². The van der Waals surface area contributed by atoms with Gasteiger partial charge in [0.2, 0.25) is 17.7 Å². The molecule has 4 heterocycles. The standard InChI is InChI=1S/C39H41Cl2N5O4/c1-49-34-18-24(17-25-21-46(16-15-28(25)34)22-27-11-14-36(48)44-27)29-5-3-6-30(37(29)40)31-7-4-8-32(38(31)41)33-12-9-23(39(45-33)50-2)19-42-20-26-10-13-35(47)43-26/h3-9,12,17-18,26-27,42H,10-11,13-16,19-22H2,1-2H3,(H,43,47)(H,44,48)/t26-,27-/m0/s1. The third-order valence-electron chi connectivity index (χ3n) is 9.95. The molecule has 0 unspecified atom stereocenters. The van der Waals surface area contributed by atoms with E-state index in [9.17, 15) is 9.59 Å². The van der Waals surface area contributed by atoms with E-state index in [2.05, 4.69) is 33.0 Å². The van der Waals surface area contributed by atoms with Gasteiger partial charge >= 0.3 is 0 Å². The van der Waals surface area contributed by atoms with Crippen LogP contribution < -0.4 is 25.4 Å². The average molecular weight is 715 g/mol. The highest BCUT2D eigenvalue weighted by Gasteiger charge is 2.27. The molecule has 2 saturated heterocycles. The van der Waals surface area contributed by atoms with Crippen LogP contribution in [0.3, 0.4) is 0 Å². The Hall–Kier alpha value is -4.15. The van der Waals surface area contributed by atoms with Crippen LogP contribution in [0.1, 0.15) is 42.4 Å². The van der Waals surface area contributed by atoms with Crippen molar-refractivity contribution in [2.75, 3.05) is 33.9 Å². The van der Waals surface area contributed by atoms with Gasteiger partial charge < -0.3 is 25.4 Å². The summed E-state index contributed by atoms with van der Waals surface area (Å²) in [6, 6.07) is 20.5. The Morgan fingerprint density at radius 2 is 1.52 bits per heavy atom. The summed E-state index contributed by atoms with van der Waals surface area (Å²) in [5.74, 6) is 1.62. The molecule has 0 saturated carbocycles. The number of methoxy groups -OCH3 is 2. The number of rotatable bonds is 11. The van der Waals surface area contributed by atoms with E-state index in [0.717, 1.165) is 78.0 Å². The molecule has 4 aromatic rings. The van der Waals surface area contributed by atoms with E-state index < -0.39 is 0 Å². The number of pyridine rings is 1. The lowest BCUT2D eigenvalue weighted by molar-refractivity contribution is -0.120. The van der Waals surface area contributed by atoms with Gasteiger partial charge in [0.05, 0.1) is 30.0 Å². The second-order valence-corrected chi connectivity index (χ2v) is 14.0. The number of hydrogen-bond donors (Lipinski definition) is 3. The number of halogens is 2. The van der Waals surface area contributed by atoms with Gasteiger partial charge in [0.1, 0.15) is 5.75 Å². The van der Waals surface area contributed by atoms with Crippen LogP contribution in [0.25, 0.3) is 33.5 Å². The summed E-state index contributed by atoms with van der Waals surface area (Å²) in [5.41, 5.74) is 8.28. The summed E-state index contributed by atoms with van der Waals surface area (Å²) in [6.45, 7) is 3.78. The number of ether oxygens (including phenoxy) is 2. The second kappa shape index (κ2) is 15.0. The predicted molar refractivity (Wildman–Crippen MR) is 197 cm³/mol. The molecule has 3 aromatic carbocycles. The molecule has 9 nitrogen and oxygen atoms in total.